The first kappa shape index (κ1) is 10.7. The van der Waals surface area contributed by atoms with Gasteiger partial charge in [0.15, 0.2) is 0 Å². The minimum atomic E-state index is 0.0896. The molecule has 76 valence electrons. The maximum absolute atomic E-state index is 4.59. The van der Waals surface area contributed by atoms with Gasteiger partial charge in [0.2, 0.25) is 0 Å². The van der Waals surface area contributed by atoms with Crippen LogP contribution in [0, 0.1) is 0 Å². The van der Waals surface area contributed by atoms with E-state index in [9.17, 15) is 0 Å². The molecule has 0 aliphatic carbocycles. The Balaban J connectivity index is 2.29. The first-order valence-electron chi connectivity index (χ1n) is 4.61. The predicted molar refractivity (Wildman–Crippen MR) is 69.2 cm³/mol. The molecule has 0 fully saturated rings. The van der Waals surface area contributed by atoms with Crippen LogP contribution in [-0.4, -0.2) is 4.98 Å². The highest BCUT2D eigenvalue weighted by atomic mass is 79.9. The highest BCUT2D eigenvalue weighted by Crippen LogP contribution is 2.28. The van der Waals surface area contributed by atoms with Crippen molar-refractivity contribution in [3.63, 3.8) is 0 Å². The van der Waals surface area contributed by atoms with Crippen molar-refractivity contribution in [2.45, 2.75) is 5.25 Å². The van der Waals surface area contributed by atoms with Gasteiger partial charge in [0.25, 0.3) is 0 Å². The lowest BCUT2D eigenvalue weighted by Gasteiger charge is -2.10. The zero-order valence-electron chi connectivity index (χ0n) is 7.97. The van der Waals surface area contributed by atoms with Crippen molar-refractivity contribution < 1.29 is 0 Å². The molecule has 0 aliphatic heterocycles. The SMILES string of the molecule is SC(c1ccc(Br)cc1)c1cccnc1. The summed E-state index contributed by atoms with van der Waals surface area (Å²) in [5.41, 5.74) is 2.29. The number of pyridine rings is 1. The van der Waals surface area contributed by atoms with Gasteiger partial charge in [0.05, 0.1) is 5.25 Å². The quantitative estimate of drug-likeness (QED) is 0.824. The Bertz CT molecular complexity index is 427. The highest BCUT2D eigenvalue weighted by molar-refractivity contribution is 9.10. The van der Waals surface area contributed by atoms with Crippen molar-refractivity contribution in [2.75, 3.05) is 0 Å². The summed E-state index contributed by atoms with van der Waals surface area (Å²) in [5.74, 6) is 0. The van der Waals surface area contributed by atoms with E-state index in [1.165, 1.54) is 5.56 Å². The molecule has 0 saturated carbocycles. The summed E-state index contributed by atoms with van der Waals surface area (Å²) in [7, 11) is 0. The van der Waals surface area contributed by atoms with Crippen molar-refractivity contribution in [3.8, 4) is 0 Å². The van der Waals surface area contributed by atoms with Crippen LogP contribution in [0.1, 0.15) is 16.4 Å². The average molecular weight is 280 g/mol. The van der Waals surface area contributed by atoms with Crippen LogP contribution in [0.25, 0.3) is 0 Å². The Morgan fingerprint density at radius 1 is 1.07 bits per heavy atom. The van der Waals surface area contributed by atoms with Crippen LogP contribution in [0.2, 0.25) is 0 Å². The summed E-state index contributed by atoms with van der Waals surface area (Å²) >= 11 is 8.00. The van der Waals surface area contributed by atoms with Crippen LogP contribution >= 0.6 is 28.6 Å². The maximum Gasteiger partial charge on any atom is 0.0531 e. The number of benzene rings is 1. The third kappa shape index (κ3) is 2.61. The van der Waals surface area contributed by atoms with Gasteiger partial charge in [-0.15, -0.1) is 0 Å². The molecule has 15 heavy (non-hydrogen) atoms. The number of hydrogen-bond acceptors (Lipinski definition) is 2. The summed E-state index contributed by atoms with van der Waals surface area (Å²) in [6.45, 7) is 0. The van der Waals surface area contributed by atoms with Crippen molar-refractivity contribution in [2.24, 2.45) is 0 Å². The minimum Gasteiger partial charge on any atom is -0.264 e. The second-order valence-electron chi connectivity index (χ2n) is 3.24. The van der Waals surface area contributed by atoms with Crippen LogP contribution in [0.4, 0.5) is 0 Å². The molecular weight excluding hydrogens is 270 g/mol. The Hall–Kier alpha value is -0.800. The molecule has 0 aliphatic rings. The second kappa shape index (κ2) is 4.81. The van der Waals surface area contributed by atoms with Gasteiger partial charge in [-0.25, -0.2) is 0 Å². The molecule has 2 aromatic rings. The van der Waals surface area contributed by atoms with Gasteiger partial charge in [-0.2, -0.15) is 12.6 Å². The molecule has 3 heteroatoms. The first-order chi connectivity index (χ1) is 7.27. The Morgan fingerprint density at radius 2 is 1.80 bits per heavy atom. The largest absolute Gasteiger partial charge is 0.264 e. The van der Waals surface area contributed by atoms with Crippen molar-refractivity contribution >= 4 is 28.6 Å². The Labute approximate surface area is 103 Å². The molecule has 0 saturated heterocycles. The van der Waals surface area contributed by atoms with E-state index in [2.05, 4.69) is 45.7 Å². The van der Waals surface area contributed by atoms with E-state index in [4.69, 9.17) is 0 Å². The number of rotatable bonds is 2. The lowest BCUT2D eigenvalue weighted by atomic mass is 10.1. The summed E-state index contributed by atoms with van der Waals surface area (Å²) < 4.78 is 1.08. The smallest absolute Gasteiger partial charge is 0.0531 e. The first-order valence-corrected chi connectivity index (χ1v) is 5.92. The number of aromatic nitrogens is 1. The lowest BCUT2D eigenvalue weighted by molar-refractivity contribution is 1.12. The summed E-state index contributed by atoms with van der Waals surface area (Å²) in [6.07, 6.45) is 3.62. The molecule has 1 aromatic heterocycles. The number of halogens is 1. The van der Waals surface area contributed by atoms with E-state index in [1.807, 2.05) is 30.5 Å². The predicted octanol–water partition coefficient (Wildman–Crippen LogP) is 3.86. The highest BCUT2D eigenvalue weighted by Gasteiger charge is 2.08. The van der Waals surface area contributed by atoms with Crippen LogP contribution in [0.15, 0.2) is 53.3 Å². The normalized spacial score (nSPS) is 12.4. The zero-order valence-corrected chi connectivity index (χ0v) is 10.4. The minimum absolute atomic E-state index is 0.0896. The van der Waals surface area contributed by atoms with Gasteiger partial charge in [0.1, 0.15) is 0 Å². The van der Waals surface area contributed by atoms with Gasteiger partial charge < -0.3 is 0 Å². The molecule has 1 nitrogen and oxygen atoms in total. The maximum atomic E-state index is 4.59. The third-order valence-corrected chi connectivity index (χ3v) is 3.31. The van der Waals surface area contributed by atoms with E-state index in [1.54, 1.807) is 6.20 Å². The van der Waals surface area contributed by atoms with Crippen molar-refractivity contribution in [1.82, 2.24) is 4.98 Å². The fourth-order valence-electron chi connectivity index (χ4n) is 1.38. The summed E-state index contributed by atoms with van der Waals surface area (Å²) in [5, 5.41) is 0.0896. The van der Waals surface area contributed by atoms with Crippen LogP contribution in [-0.2, 0) is 0 Å². The zero-order chi connectivity index (χ0) is 10.7. The summed E-state index contributed by atoms with van der Waals surface area (Å²) in [4.78, 5) is 4.09. The van der Waals surface area contributed by atoms with Gasteiger partial charge in [-0.3, -0.25) is 4.98 Å². The van der Waals surface area contributed by atoms with Crippen LogP contribution in [0.3, 0.4) is 0 Å². The molecule has 0 bridgehead atoms. The average Bonchev–Trinajstić information content (AvgIpc) is 2.30. The van der Waals surface area contributed by atoms with Crippen LogP contribution in [0.5, 0.6) is 0 Å². The number of nitrogens with zero attached hydrogens (tertiary/aromatic N) is 1. The fourth-order valence-corrected chi connectivity index (χ4v) is 1.96. The fraction of sp³-hybridized carbons (Fsp3) is 0.0833. The molecule has 1 unspecified atom stereocenters. The Kier molecular flexibility index (Phi) is 3.44. The molecule has 0 spiro atoms. The van der Waals surface area contributed by atoms with Gasteiger partial charge in [0, 0.05) is 16.9 Å². The van der Waals surface area contributed by atoms with Gasteiger partial charge in [-0.05, 0) is 29.3 Å². The second-order valence-corrected chi connectivity index (χ2v) is 4.67. The Morgan fingerprint density at radius 3 is 2.40 bits per heavy atom. The molecule has 0 radical (unpaired) electrons. The molecule has 2 rings (SSSR count). The van der Waals surface area contributed by atoms with E-state index in [0.717, 1.165) is 10.0 Å². The standard InChI is InChI=1S/C12H10BrNS/c13-11-5-3-9(4-6-11)12(15)10-2-1-7-14-8-10/h1-8,12,15H. The third-order valence-electron chi connectivity index (χ3n) is 2.19. The monoisotopic (exact) mass is 279 g/mol. The lowest BCUT2D eigenvalue weighted by Crippen LogP contribution is -1.93. The molecule has 1 heterocycles. The van der Waals surface area contributed by atoms with E-state index in [0.29, 0.717) is 0 Å². The van der Waals surface area contributed by atoms with Gasteiger partial charge in [-0.1, -0.05) is 34.1 Å². The van der Waals surface area contributed by atoms with Crippen molar-refractivity contribution in [3.05, 3.63) is 64.4 Å². The van der Waals surface area contributed by atoms with E-state index in [-0.39, 0.29) is 5.25 Å². The summed E-state index contributed by atoms with van der Waals surface area (Å²) in [6, 6.07) is 12.1. The topological polar surface area (TPSA) is 12.9 Å². The number of thiol groups is 1. The van der Waals surface area contributed by atoms with E-state index >= 15 is 0 Å². The number of hydrogen-bond donors (Lipinski definition) is 1. The van der Waals surface area contributed by atoms with E-state index < -0.39 is 0 Å². The van der Waals surface area contributed by atoms with Crippen molar-refractivity contribution in [1.29, 1.82) is 0 Å². The molecule has 0 amide bonds. The van der Waals surface area contributed by atoms with Crippen LogP contribution < -0.4 is 0 Å². The molecule has 0 N–H and O–H groups in total. The molecule has 1 atom stereocenters. The van der Waals surface area contributed by atoms with Gasteiger partial charge >= 0.3 is 0 Å². The molecule has 1 aromatic carbocycles. The molecular formula is C12H10BrNS.